The monoisotopic (exact) mass is 202 g/mol. The topological polar surface area (TPSA) is 57.5 Å². The third kappa shape index (κ3) is 5.35. The third-order valence-electron chi connectivity index (χ3n) is 2.45. The molecule has 0 unspecified atom stereocenters. The largest absolute Gasteiger partial charge is 0.360 e. The van der Waals surface area contributed by atoms with Crippen LogP contribution in [0.5, 0.6) is 0 Å². The van der Waals surface area contributed by atoms with Crippen LogP contribution >= 0.6 is 0 Å². The van der Waals surface area contributed by atoms with Gasteiger partial charge in [-0.15, -0.1) is 0 Å². The Morgan fingerprint density at radius 3 is 2.14 bits per heavy atom. The maximum Gasteiger partial charge on any atom is 0.223 e. The van der Waals surface area contributed by atoms with E-state index in [0.29, 0.717) is 0 Å². The summed E-state index contributed by atoms with van der Waals surface area (Å²) >= 11 is 0. The summed E-state index contributed by atoms with van der Waals surface area (Å²) in [5, 5.41) is 18.4. The fraction of sp³-hybridized carbons (Fsp3) is 0.909. The average molecular weight is 202 g/mol. The number of aliphatic hydroxyl groups is 2. The van der Waals surface area contributed by atoms with Crippen LogP contribution in [0.15, 0.2) is 0 Å². The summed E-state index contributed by atoms with van der Waals surface area (Å²) in [7, 11) is 0. The van der Waals surface area contributed by atoms with E-state index in [4.69, 9.17) is 0 Å². The SMILES string of the molecule is CCCCCCCC(=O)C(O)(O)CC. The second-order valence-corrected chi connectivity index (χ2v) is 3.76. The molecule has 0 atom stereocenters. The molecule has 0 spiro atoms. The Bertz CT molecular complexity index is 164. The molecule has 2 N–H and O–H groups in total. The Morgan fingerprint density at radius 2 is 1.64 bits per heavy atom. The quantitative estimate of drug-likeness (QED) is 0.467. The van der Waals surface area contributed by atoms with Gasteiger partial charge in [-0.05, 0) is 6.42 Å². The molecule has 0 amide bonds. The molecule has 0 fully saturated rings. The van der Waals surface area contributed by atoms with Crippen molar-refractivity contribution in [3.63, 3.8) is 0 Å². The molecule has 0 aromatic heterocycles. The Labute approximate surface area is 86.1 Å². The van der Waals surface area contributed by atoms with E-state index in [1.807, 2.05) is 0 Å². The number of hydrogen-bond donors (Lipinski definition) is 2. The van der Waals surface area contributed by atoms with Gasteiger partial charge in [0.25, 0.3) is 0 Å². The van der Waals surface area contributed by atoms with Crippen molar-refractivity contribution in [3.8, 4) is 0 Å². The standard InChI is InChI=1S/C11H22O3/c1-3-5-6-7-8-9-10(12)11(13,14)4-2/h13-14H,3-9H2,1-2H3. The van der Waals surface area contributed by atoms with Gasteiger partial charge in [-0.25, -0.2) is 0 Å². The van der Waals surface area contributed by atoms with Crippen LogP contribution < -0.4 is 0 Å². The van der Waals surface area contributed by atoms with E-state index in [0.717, 1.165) is 19.3 Å². The van der Waals surface area contributed by atoms with Gasteiger partial charge in [-0.3, -0.25) is 4.79 Å². The molecule has 14 heavy (non-hydrogen) atoms. The lowest BCUT2D eigenvalue weighted by Crippen LogP contribution is -2.37. The van der Waals surface area contributed by atoms with Gasteiger partial charge in [0, 0.05) is 12.8 Å². The molecule has 0 aliphatic heterocycles. The van der Waals surface area contributed by atoms with Gasteiger partial charge in [0.2, 0.25) is 5.79 Å². The highest BCUT2D eigenvalue weighted by Gasteiger charge is 2.29. The Hall–Kier alpha value is -0.410. The molecule has 3 nitrogen and oxygen atoms in total. The zero-order chi connectivity index (χ0) is 11.0. The van der Waals surface area contributed by atoms with Crippen LogP contribution in [-0.2, 0) is 4.79 Å². The van der Waals surface area contributed by atoms with E-state index in [2.05, 4.69) is 6.92 Å². The van der Waals surface area contributed by atoms with E-state index in [9.17, 15) is 15.0 Å². The molecule has 0 heterocycles. The van der Waals surface area contributed by atoms with E-state index >= 15 is 0 Å². The van der Waals surface area contributed by atoms with Crippen LogP contribution in [0, 0.1) is 0 Å². The first-order valence-corrected chi connectivity index (χ1v) is 5.52. The minimum atomic E-state index is -2.09. The summed E-state index contributed by atoms with van der Waals surface area (Å²) in [5.41, 5.74) is 0. The molecular weight excluding hydrogens is 180 g/mol. The van der Waals surface area contributed by atoms with Gasteiger partial charge in [-0.1, -0.05) is 39.5 Å². The molecule has 0 rings (SSSR count). The first-order valence-electron chi connectivity index (χ1n) is 5.52. The van der Waals surface area contributed by atoms with Gasteiger partial charge >= 0.3 is 0 Å². The highest BCUT2D eigenvalue weighted by Crippen LogP contribution is 2.13. The van der Waals surface area contributed by atoms with Gasteiger partial charge in [0.05, 0.1) is 0 Å². The summed E-state index contributed by atoms with van der Waals surface area (Å²) in [6, 6.07) is 0. The van der Waals surface area contributed by atoms with Crippen molar-refractivity contribution in [3.05, 3.63) is 0 Å². The molecule has 0 aromatic carbocycles. The number of ketones is 1. The second-order valence-electron chi connectivity index (χ2n) is 3.76. The molecule has 3 heteroatoms. The Balaban J connectivity index is 3.54. The zero-order valence-electron chi connectivity index (χ0n) is 9.25. The van der Waals surface area contributed by atoms with E-state index in [1.54, 1.807) is 6.92 Å². The molecule has 0 saturated carbocycles. The van der Waals surface area contributed by atoms with E-state index < -0.39 is 11.6 Å². The number of carbonyl (C=O) groups excluding carboxylic acids is 1. The predicted molar refractivity (Wildman–Crippen MR) is 55.8 cm³/mol. The number of rotatable bonds is 8. The van der Waals surface area contributed by atoms with Crippen molar-refractivity contribution in [2.75, 3.05) is 0 Å². The number of Topliss-reactive ketones (excluding diaryl/α,β-unsaturated/α-hetero) is 1. The first kappa shape index (κ1) is 13.6. The summed E-state index contributed by atoms with van der Waals surface area (Å²) in [5.74, 6) is -2.54. The van der Waals surface area contributed by atoms with Crippen molar-refractivity contribution >= 4 is 5.78 Å². The van der Waals surface area contributed by atoms with Crippen LogP contribution in [0.25, 0.3) is 0 Å². The summed E-state index contributed by atoms with van der Waals surface area (Å²) < 4.78 is 0. The molecule has 0 radical (unpaired) electrons. The van der Waals surface area contributed by atoms with Crippen LogP contribution in [0.4, 0.5) is 0 Å². The zero-order valence-corrected chi connectivity index (χ0v) is 9.25. The Morgan fingerprint density at radius 1 is 1.07 bits per heavy atom. The predicted octanol–water partition coefficient (Wildman–Crippen LogP) is 2.01. The maximum absolute atomic E-state index is 11.2. The summed E-state index contributed by atoms with van der Waals surface area (Å²) in [6.45, 7) is 3.73. The van der Waals surface area contributed by atoms with Crippen molar-refractivity contribution in [2.45, 2.75) is 64.6 Å². The molecule has 0 saturated heterocycles. The Kier molecular flexibility index (Phi) is 6.75. The van der Waals surface area contributed by atoms with Crippen LogP contribution in [0.3, 0.4) is 0 Å². The van der Waals surface area contributed by atoms with Crippen LogP contribution in [0.2, 0.25) is 0 Å². The van der Waals surface area contributed by atoms with E-state index in [-0.39, 0.29) is 12.8 Å². The number of hydrogen-bond acceptors (Lipinski definition) is 3. The number of unbranched alkanes of at least 4 members (excludes halogenated alkanes) is 4. The second kappa shape index (κ2) is 6.96. The average Bonchev–Trinajstić information content (AvgIpc) is 2.17. The molecule has 0 bridgehead atoms. The molecule has 0 aliphatic carbocycles. The fourth-order valence-electron chi connectivity index (χ4n) is 1.29. The van der Waals surface area contributed by atoms with Gasteiger partial charge in [0.1, 0.15) is 0 Å². The fourth-order valence-corrected chi connectivity index (χ4v) is 1.29. The third-order valence-corrected chi connectivity index (χ3v) is 2.45. The molecule has 0 aromatic rings. The van der Waals surface area contributed by atoms with Gasteiger partial charge in [0.15, 0.2) is 5.78 Å². The smallest absolute Gasteiger partial charge is 0.223 e. The van der Waals surface area contributed by atoms with Crippen LogP contribution in [0.1, 0.15) is 58.8 Å². The van der Waals surface area contributed by atoms with Crippen molar-refractivity contribution in [2.24, 2.45) is 0 Å². The first-order chi connectivity index (χ1) is 6.54. The van der Waals surface area contributed by atoms with Gasteiger partial charge < -0.3 is 10.2 Å². The minimum Gasteiger partial charge on any atom is -0.360 e. The lowest BCUT2D eigenvalue weighted by atomic mass is 10.0. The molecule has 84 valence electrons. The summed E-state index contributed by atoms with van der Waals surface area (Å²) in [6.07, 6.45) is 5.60. The maximum atomic E-state index is 11.2. The number of carbonyl (C=O) groups is 1. The lowest BCUT2D eigenvalue weighted by molar-refractivity contribution is -0.183. The van der Waals surface area contributed by atoms with Crippen molar-refractivity contribution in [1.29, 1.82) is 0 Å². The van der Waals surface area contributed by atoms with E-state index in [1.165, 1.54) is 12.8 Å². The van der Waals surface area contributed by atoms with Crippen molar-refractivity contribution in [1.82, 2.24) is 0 Å². The molecule has 0 aliphatic rings. The summed E-state index contributed by atoms with van der Waals surface area (Å²) in [4.78, 5) is 11.2. The highest BCUT2D eigenvalue weighted by molar-refractivity contribution is 5.85. The van der Waals surface area contributed by atoms with Crippen LogP contribution in [-0.4, -0.2) is 21.8 Å². The van der Waals surface area contributed by atoms with Crippen molar-refractivity contribution < 1.29 is 15.0 Å². The normalized spacial score (nSPS) is 11.7. The van der Waals surface area contributed by atoms with Gasteiger partial charge in [-0.2, -0.15) is 0 Å². The highest BCUT2D eigenvalue weighted by atomic mass is 16.5. The minimum absolute atomic E-state index is 0.0702. The lowest BCUT2D eigenvalue weighted by Gasteiger charge is -2.17. The molecular formula is C11H22O3.